The standard InChI is InChI=1S/C56H66N4O12S2/c1-8-59-46-30-28-41(73(65,66)67)34-43(46)55(4,5)49(59)25-13-10-14-26-50-56(6,7)44-35-42(74(68,69)70)29-31-47(44)60(50)33-18-16-27-51(62)57-32-17-15-24-45(58-54(64)72-36-40-22-11-9-12-23-40)48(61)37-71-53(63)52-38(2)20-19-21-39(52)3/h9-14,19-23,25-26,28-31,34-35,45H,8,15-18,24,27,32-33,36-37H2,1-7H3,(H3-,57,58,62,64,65,66,67,68,69,70)/t45-/m0/s1. The molecular weight excluding hydrogens is 985 g/mol. The van der Waals surface area contributed by atoms with E-state index in [1.165, 1.54) is 24.3 Å². The number of likely N-dealkylation sites (N-methyl/N-ethyl adjacent to an activating group) is 1. The van der Waals surface area contributed by atoms with Gasteiger partial charge in [-0.2, -0.15) is 13.0 Å². The van der Waals surface area contributed by atoms with Gasteiger partial charge in [0.2, 0.25) is 11.6 Å². The van der Waals surface area contributed by atoms with Crippen molar-refractivity contribution in [2.45, 2.75) is 120 Å². The third-order valence-corrected chi connectivity index (χ3v) is 15.2. The quantitative estimate of drug-likeness (QED) is 0.0208. The number of alkyl carbamates (subject to hydrolysis) is 1. The van der Waals surface area contributed by atoms with E-state index in [0.29, 0.717) is 67.6 Å². The van der Waals surface area contributed by atoms with Gasteiger partial charge in [-0.3, -0.25) is 14.1 Å². The molecular formula is C56H66N4O12S2. The highest BCUT2D eigenvalue weighted by Gasteiger charge is 2.45. The Morgan fingerprint density at radius 3 is 2.16 bits per heavy atom. The molecule has 16 nitrogen and oxygen atoms in total. The summed E-state index contributed by atoms with van der Waals surface area (Å²) in [6, 6.07) is 22.5. The number of carbonyl (C=O) groups is 4. The van der Waals surface area contributed by atoms with Gasteiger partial charge in [0.25, 0.3) is 10.1 Å². The van der Waals surface area contributed by atoms with Crippen LogP contribution in [0.1, 0.15) is 111 Å². The number of ether oxygens (including phenoxy) is 2. The molecule has 2 heterocycles. The number of Topliss-reactive ketones (excluding diaryl/α,β-unsaturated/α-hetero) is 1. The Hall–Kier alpha value is -6.73. The third kappa shape index (κ3) is 13.7. The largest absolute Gasteiger partial charge is 0.744 e. The fourth-order valence-electron chi connectivity index (χ4n) is 9.58. The first-order valence-electron chi connectivity index (χ1n) is 24.7. The van der Waals surface area contributed by atoms with Gasteiger partial charge in [0, 0.05) is 60.4 Å². The van der Waals surface area contributed by atoms with Crippen LogP contribution in [0.25, 0.3) is 0 Å². The van der Waals surface area contributed by atoms with Crippen LogP contribution in [0.3, 0.4) is 0 Å². The monoisotopic (exact) mass is 1050 g/mol. The Kier molecular flexibility index (Phi) is 18.4. The summed E-state index contributed by atoms with van der Waals surface area (Å²) in [6.45, 7) is 14.3. The molecule has 0 aliphatic carbocycles. The van der Waals surface area contributed by atoms with Crippen molar-refractivity contribution in [3.05, 3.63) is 154 Å². The van der Waals surface area contributed by atoms with Gasteiger partial charge in [-0.05, 0) is 119 Å². The Balaban J connectivity index is 1.05. The number of carbonyl (C=O) groups excluding carboxylic acids is 4. The van der Waals surface area contributed by atoms with Gasteiger partial charge in [0.05, 0.1) is 26.8 Å². The number of unbranched alkanes of at least 4 members (excludes halogenated alkanes) is 2. The SMILES string of the molecule is CCN1/C(=C/C=C/C=C/C2=[N+](CCCCC(=O)NCCCC[C@H](NC(=O)OCc3ccccc3)C(=O)COC(=O)c3c(C)cccc3C)c3ccc(S(=O)(=O)O)cc3C2(C)C)C(C)(C)c2cc(S(=O)(=O)[O-])ccc21. The summed E-state index contributed by atoms with van der Waals surface area (Å²) in [5.41, 5.74) is 6.12. The average Bonchev–Trinajstić information content (AvgIpc) is 3.69. The van der Waals surface area contributed by atoms with Crippen LogP contribution in [-0.2, 0) is 56.7 Å². The molecule has 0 radical (unpaired) electrons. The minimum atomic E-state index is -4.64. The summed E-state index contributed by atoms with van der Waals surface area (Å²) >= 11 is 0. The Bertz CT molecular complexity index is 3100. The molecule has 0 saturated carbocycles. The summed E-state index contributed by atoms with van der Waals surface area (Å²) in [7, 11) is -9.12. The first-order valence-corrected chi connectivity index (χ1v) is 27.5. The van der Waals surface area contributed by atoms with Gasteiger partial charge < -0.3 is 29.6 Å². The van der Waals surface area contributed by atoms with Crippen molar-refractivity contribution in [2.75, 3.05) is 31.1 Å². The number of benzene rings is 4. The number of rotatable bonds is 23. The number of aryl methyl sites for hydroxylation is 2. The molecule has 1 atom stereocenters. The van der Waals surface area contributed by atoms with E-state index in [1.54, 1.807) is 50.2 Å². The molecule has 0 fully saturated rings. The first kappa shape index (κ1) is 56.6. The molecule has 0 bridgehead atoms. The molecule has 18 heteroatoms. The Labute approximate surface area is 434 Å². The lowest BCUT2D eigenvalue weighted by molar-refractivity contribution is -0.438. The van der Waals surface area contributed by atoms with Crippen LogP contribution in [-0.4, -0.2) is 92.3 Å². The van der Waals surface area contributed by atoms with E-state index >= 15 is 0 Å². The number of fused-ring (bicyclic) bond motifs is 2. The average molecular weight is 1050 g/mol. The van der Waals surface area contributed by atoms with Crippen LogP contribution in [0.2, 0.25) is 0 Å². The highest BCUT2D eigenvalue weighted by Crippen LogP contribution is 2.48. The lowest BCUT2D eigenvalue weighted by atomic mass is 9.81. The van der Waals surface area contributed by atoms with Crippen molar-refractivity contribution in [3.63, 3.8) is 0 Å². The molecule has 394 valence electrons. The van der Waals surface area contributed by atoms with Crippen molar-refractivity contribution >= 4 is 61.1 Å². The van der Waals surface area contributed by atoms with Gasteiger partial charge >= 0.3 is 12.1 Å². The second-order valence-electron chi connectivity index (χ2n) is 19.5. The maximum atomic E-state index is 13.4. The van der Waals surface area contributed by atoms with Crippen LogP contribution in [0, 0.1) is 13.8 Å². The number of ketones is 1. The summed E-state index contributed by atoms with van der Waals surface area (Å²) in [6.07, 6.45) is 11.3. The molecule has 0 spiro atoms. The molecule has 6 rings (SSSR count). The van der Waals surface area contributed by atoms with Gasteiger partial charge in [0.15, 0.2) is 18.1 Å². The normalized spacial score (nSPS) is 15.9. The fraction of sp³-hybridized carbons (Fsp3) is 0.375. The number of nitrogens with one attached hydrogen (secondary N) is 2. The van der Waals surface area contributed by atoms with Gasteiger partial charge in [-0.15, -0.1) is 0 Å². The summed E-state index contributed by atoms with van der Waals surface area (Å²) in [5.74, 6) is -1.30. The molecule has 2 amide bonds. The Morgan fingerprint density at radius 2 is 1.49 bits per heavy atom. The second kappa shape index (κ2) is 24.1. The highest BCUT2D eigenvalue weighted by atomic mass is 32.2. The van der Waals surface area contributed by atoms with E-state index in [4.69, 9.17) is 9.47 Å². The smallest absolute Gasteiger partial charge is 0.408 e. The van der Waals surface area contributed by atoms with Crippen molar-refractivity contribution in [1.82, 2.24) is 10.6 Å². The number of esters is 1. The van der Waals surface area contributed by atoms with Crippen molar-refractivity contribution in [2.24, 2.45) is 0 Å². The lowest BCUT2D eigenvalue weighted by Crippen LogP contribution is -2.43. The van der Waals surface area contributed by atoms with E-state index in [2.05, 4.69) is 20.1 Å². The first-order chi connectivity index (χ1) is 34.9. The fourth-order valence-corrected chi connectivity index (χ4v) is 10.6. The molecule has 2 aliphatic rings. The molecule has 74 heavy (non-hydrogen) atoms. The summed E-state index contributed by atoms with van der Waals surface area (Å²) < 4.78 is 82.7. The maximum Gasteiger partial charge on any atom is 0.408 e. The van der Waals surface area contributed by atoms with Gasteiger partial charge in [-0.25, -0.2) is 18.0 Å². The van der Waals surface area contributed by atoms with E-state index < -0.39 is 61.6 Å². The van der Waals surface area contributed by atoms with Crippen LogP contribution < -0.4 is 15.5 Å². The third-order valence-electron chi connectivity index (χ3n) is 13.6. The van der Waals surface area contributed by atoms with Crippen LogP contribution >= 0.6 is 0 Å². The van der Waals surface area contributed by atoms with Gasteiger partial charge in [0.1, 0.15) is 23.3 Å². The van der Waals surface area contributed by atoms with Crippen molar-refractivity contribution in [3.8, 4) is 0 Å². The predicted octanol–water partition coefficient (Wildman–Crippen LogP) is 8.82. The zero-order valence-corrected chi connectivity index (χ0v) is 44.6. The topological polar surface area (TPSA) is 229 Å². The highest BCUT2D eigenvalue weighted by molar-refractivity contribution is 7.86. The number of hydrogen-bond acceptors (Lipinski definition) is 12. The Morgan fingerprint density at radius 1 is 0.797 bits per heavy atom. The number of amides is 2. The van der Waals surface area contributed by atoms with Crippen LogP contribution in [0.5, 0.6) is 0 Å². The molecule has 4 aromatic carbocycles. The zero-order chi connectivity index (χ0) is 54.0. The molecule has 3 N–H and O–H groups in total. The van der Waals surface area contributed by atoms with E-state index in [-0.39, 0.29) is 35.1 Å². The van der Waals surface area contributed by atoms with Crippen molar-refractivity contribution in [1.29, 1.82) is 0 Å². The molecule has 0 aromatic heterocycles. The second-order valence-corrected chi connectivity index (χ2v) is 22.3. The molecule has 2 aliphatic heterocycles. The van der Waals surface area contributed by atoms with Crippen molar-refractivity contribution < 1.29 is 59.2 Å². The zero-order valence-electron chi connectivity index (χ0n) is 43.0. The maximum absolute atomic E-state index is 13.4. The van der Waals surface area contributed by atoms with Gasteiger partial charge in [-0.1, -0.05) is 80.6 Å². The van der Waals surface area contributed by atoms with Crippen LogP contribution in [0.15, 0.2) is 131 Å². The molecule has 0 unspecified atom stereocenters. The summed E-state index contributed by atoms with van der Waals surface area (Å²) in [5, 5.41) is 5.57. The number of anilines is 1. The predicted molar refractivity (Wildman–Crippen MR) is 281 cm³/mol. The number of allylic oxidation sites excluding steroid dienone is 6. The van der Waals surface area contributed by atoms with E-state index in [0.717, 1.165) is 33.9 Å². The molecule has 0 saturated heterocycles. The van der Waals surface area contributed by atoms with Crippen LogP contribution in [0.4, 0.5) is 16.2 Å². The van der Waals surface area contributed by atoms with E-state index in [1.807, 2.05) is 89.3 Å². The molecule has 4 aromatic rings. The summed E-state index contributed by atoms with van der Waals surface area (Å²) in [4.78, 5) is 53.8. The number of nitrogens with zero attached hydrogens (tertiary/aromatic N) is 2. The minimum Gasteiger partial charge on any atom is -0.744 e. The minimum absolute atomic E-state index is 0.00169. The van der Waals surface area contributed by atoms with E-state index in [9.17, 15) is 45.1 Å². The number of hydrogen-bond donors (Lipinski definition) is 3. The lowest BCUT2D eigenvalue weighted by Gasteiger charge is -2.25.